The smallest absolute Gasteiger partial charge is 0.115 e. The predicted octanol–water partition coefficient (Wildman–Crippen LogP) is 3.15. The van der Waals surface area contributed by atoms with Crippen LogP contribution in [0.15, 0.2) is 48.5 Å². The van der Waals surface area contributed by atoms with E-state index < -0.39 is 0 Å². The molecular weight excluding hydrogens is 226 g/mol. The van der Waals surface area contributed by atoms with E-state index in [4.69, 9.17) is 4.74 Å². The molecule has 2 aromatic carbocycles. The van der Waals surface area contributed by atoms with E-state index in [1.165, 1.54) is 0 Å². The number of aromatic hydroxyl groups is 1. The number of para-hydroxylation sites is 1. The highest BCUT2D eigenvalue weighted by Gasteiger charge is 2.01. The van der Waals surface area contributed by atoms with Crippen LogP contribution in [0.3, 0.4) is 0 Å². The number of ether oxygens (including phenoxy) is 1. The average Bonchev–Trinajstić information content (AvgIpc) is 2.38. The van der Waals surface area contributed by atoms with Gasteiger partial charge in [0.2, 0.25) is 0 Å². The van der Waals surface area contributed by atoms with E-state index in [9.17, 15) is 5.11 Å². The lowest BCUT2D eigenvalue weighted by molar-refractivity contribution is 0.185. The molecule has 3 nitrogen and oxygen atoms in total. The van der Waals surface area contributed by atoms with Gasteiger partial charge in [-0.1, -0.05) is 30.3 Å². The zero-order valence-corrected chi connectivity index (χ0v) is 10.4. The number of nitrogens with one attached hydrogen (secondary N) is 1. The summed E-state index contributed by atoms with van der Waals surface area (Å²) in [4.78, 5) is 0. The van der Waals surface area contributed by atoms with Gasteiger partial charge < -0.3 is 15.2 Å². The summed E-state index contributed by atoms with van der Waals surface area (Å²) < 4.78 is 5.16. The van der Waals surface area contributed by atoms with Gasteiger partial charge in [-0.25, -0.2) is 0 Å². The monoisotopic (exact) mass is 243 g/mol. The van der Waals surface area contributed by atoms with Gasteiger partial charge in [0.1, 0.15) is 5.75 Å². The van der Waals surface area contributed by atoms with Crippen molar-refractivity contribution < 1.29 is 9.84 Å². The van der Waals surface area contributed by atoms with Gasteiger partial charge in [0.05, 0.1) is 6.61 Å². The maximum atomic E-state index is 9.40. The standard InChI is InChI=1S/C15H17NO2/c1-18-11-13-6-2-3-8-15(13)16-10-12-5-4-7-14(17)9-12/h2-9,16-17H,10-11H2,1H3. The van der Waals surface area contributed by atoms with Crippen molar-refractivity contribution >= 4 is 5.69 Å². The topological polar surface area (TPSA) is 41.5 Å². The van der Waals surface area contributed by atoms with Gasteiger partial charge in [-0.2, -0.15) is 0 Å². The molecule has 0 aromatic heterocycles. The molecule has 3 heteroatoms. The molecule has 0 saturated carbocycles. The molecule has 94 valence electrons. The molecule has 0 amide bonds. The van der Waals surface area contributed by atoms with Gasteiger partial charge in [-0.3, -0.25) is 0 Å². The zero-order valence-electron chi connectivity index (χ0n) is 10.4. The van der Waals surface area contributed by atoms with E-state index in [0.717, 1.165) is 16.8 Å². The van der Waals surface area contributed by atoms with E-state index >= 15 is 0 Å². The lowest BCUT2D eigenvalue weighted by Crippen LogP contribution is -2.02. The van der Waals surface area contributed by atoms with Crippen LogP contribution in [0.25, 0.3) is 0 Å². The Kier molecular flexibility index (Phi) is 4.20. The maximum Gasteiger partial charge on any atom is 0.115 e. The number of benzene rings is 2. The Hall–Kier alpha value is -2.00. The van der Waals surface area contributed by atoms with Gasteiger partial charge >= 0.3 is 0 Å². The van der Waals surface area contributed by atoms with Crippen molar-refractivity contribution in [1.29, 1.82) is 0 Å². The summed E-state index contributed by atoms with van der Waals surface area (Å²) in [6.07, 6.45) is 0. The second-order valence-corrected chi connectivity index (χ2v) is 4.11. The van der Waals surface area contributed by atoms with Crippen LogP contribution < -0.4 is 5.32 Å². The Labute approximate surface area is 107 Å². The minimum absolute atomic E-state index is 0.291. The molecule has 0 unspecified atom stereocenters. The number of methoxy groups -OCH3 is 1. The third-order valence-electron chi connectivity index (χ3n) is 2.71. The highest BCUT2D eigenvalue weighted by Crippen LogP contribution is 2.18. The molecule has 0 radical (unpaired) electrons. The van der Waals surface area contributed by atoms with Gasteiger partial charge in [-0.05, 0) is 23.8 Å². The molecule has 0 saturated heterocycles. The molecule has 2 rings (SSSR count). The number of anilines is 1. The molecule has 2 aromatic rings. The predicted molar refractivity (Wildman–Crippen MR) is 72.6 cm³/mol. The number of hydrogen-bond donors (Lipinski definition) is 2. The van der Waals surface area contributed by atoms with Crippen LogP contribution in [0.1, 0.15) is 11.1 Å². The summed E-state index contributed by atoms with van der Waals surface area (Å²) in [7, 11) is 1.69. The van der Waals surface area contributed by atoms with Gasteiger partial charge in [0.25, 0.3) is 0 Å². The van der Waals surface area contributed by atoms with Crippen molar-refractivity contribution in [3.8, 4) is 5.75 Å². The number of phenols is 1. The van der Waals surface area contributed by atoms with Crippen LogP contribution >= 0.6 is 0 Å². The minimum Gasteiger partial charge on any atom is -0.508 e. The van der Waals surface area contributed by atoms with Crippen molar-refractivity contribution in [2.75, 3.05) is 12.4 Å². The normalized spacial score (nSPS) is 10.3. The fourth-order valence-corrected chi connectivity index (χ4v) is 1.84. The summed E-state index contributed by atoms with van der Waals surface area (Å²) >= 11 is 0. The van der Waals surface area contributed by atoms with E-state index in [1.54, 1.807) is 19.2 Å². The zero-order chi connectivity index (χ0) is 12.8. The highest BCUT2D eigenvalue weighted by atomic mass is 16.5. The molecule has 0 aliphatic heterocycles. The van der Waals surface area contributed by atoms with Crippen LogP contribution in [-0.2, 0) is 17.9 Å². The lowest BCUT2D eigenvalue weighted by Gasteiger charge is -2.11. The van der Waals surface area contributed by atoms with Crippen LogP contribution in [0.2, 0.25) is 0 Å². The molecule has 0 aliphatic rings. The van der Waals surface area contributed by atoms with Crippen LogP contribution in [0.5, 0.6) is 5.75 Å². The third-order valence-corrected chi connectivity index (χ3v) is 2.71. The third kappa shape index (κ3) is 3.25. The second-order valence-electron chi connectivity index (χ2n) is 4.11. The van der Waals surface area contributed by atoms with Crippen molar-refractivity contribution in [2.45, 2.75) is 13.2 Å². The Morgan fingerprint density at radius 3 is 2.72 bits per heavy atom. The summed E-state index contributed by atoms with van der Waals surface area (Å²) in [6.45, 7) is 1.26. The molecule has 0 fully saturated rings. The molecule has 2 N–H and O–H groups in total. The fourth-order valence-electron chi connectivity index (χ4n) is 1.84. The molecular formula is C15H17NO2. The Balaban J connectivity index is 2.06. The van der Waals surface area contributed by atoms with Crippen LogP contribution in [-0.4, -0.2) is 12.2 Å². The van der Waals surface area contributed by atoms with E-state index in [2.05, 4.69) is 5.32 Å². The molecule has 0 spiro atoms. The van der Waals surface area contributed by atoms with Crippen LogP contribution in [0.4, 0.5) is 5.69 Å². The summed E-state index contributed by atoms with van der Waals surface area (Å²) in [5.74, 6) is 0.291. The van der Waals surface area contributed by atoms with Crippen molar-refractivity contribution in [3.63, 3.8) is 0 Å². The van der Waals surface area contributed by atoms with E-state index in [0.29, 0.717) is 18.9 Å². The first-order valence-corrected chi connectivity index (χ1v) is 5.88. The Bertz CT molecular complexity index is 511. The minimum atomic E-state index is 0.291. The van der Waals surface area contributed by atoms with Crippen molar-refractivity contribution in [2.24, 2.45) is 0 Å². The SMILES string of the molecule is COCc1ccccc1NCc1cccc(O)c1. The number of phenolic OH excluding ortho intramolecular Hbond substituents is 1. The first kappa shape index (κ1) is 12.5. The van der Waals surface area contributed by atoms with Crippen molar-refractivity contribution in [1.82, 2.24) is 0 Å². The Morgan fingerprint density at radius 1 is 1.11 bits per heavy atom. The average molecular weight is 243 g/mol. The molecule has 0 heterocycles. The van der Waals surface area contributed by atoms with Gasteiger partial charge in [0, 0.05) is 24.9 Å². The first-order valence-electron chi connectivity index (χ1n) is 5.88. The van der Waals surface area contributed by atoms with Crippen molar-refractivity contribution in [3.05, 3.63) is 59.7 Å². The summed E-state index contributed by atoms with van der Waals surface area (Å²) in [5.41, 5.74) is 3.23. The molecule has 0 bridgehead atoms. The Morgan fingerprint density at radius 2 is 1.94 bits per heavy atom. The van der Waals surface area contributed by atoms with E-state index in [-0.39, 0.29) is 0 Å². The number of rotatable bonds is 5. The van der Waals surface area contributed by atoms with Gasteiger partial charge in [0.15, 0.2) is 0 Å². The van der Waals surface area contributed by atoms with Crippen LogP contribution in [0, 0.1) is 0 Å². The highest BCUT2D eigenvalue weighted by molar-refractivity contribution is 5.51. The number of hydrogen-bond acceptors (Lipinski definition) is 3. The molecule has 0 atom stereocenters. The molecule has 18 heavy (non-hydrogen) atoms. The summed E-state index contributed by atoms with van der Waals surface area (Å²) in [6, 6.07) is 15.3. The summed E-state index contributed by atoms with van der Waals surface area (Å²) in [5, 5.41) is 12.8. The second kappa shape index (κ2) is 6.07. The molecule has 0 aliphatic carbocycles. The fraction of sp³-hybridized carbons (Fsp3) is 0.200. The van der Waals surface area contributed by atoms with Gasteiger partial charge in [-0.15, -0.1) is 0 Å². The maximum absolute atomic E-state index is 9.40. The largest absolute Gasteiger partial charge is 0.508 e. The quantitative estimate of drug-likeness (QED) is 0.847. The van der Waals surface area contributed by atoms with E-state index in [1.807, 2.05) is 36.4 Å². The lowest BCUT2D eigenvalue weighted by atomic mass is 10.1. The first-order chi connectivity index (χ1) is 8.79.